The maximum absolute atomic E-state index is 10.7. The van der Waals surface area contributed by atoms with E-state index in [-0.39, 0.29) is 11.4 Å². The maximum atomic E-state index is 10.7. The number of nitrogens with zero attached hydrogens (tertiary/aromatic N) is 2. The van der Waals surface area contributed by atoms with Crippen LogP contribution in [0.4, 0.5) is 11.4 Å². The molecule has 6 heteroatoms. The number of hydrogen-bond donors (Lipinski definition) is 1. The maximum Gasteiger partial charge on any atom is 0.292 e. The molecule has 0 unspecified atom stereocenters. The molecule has 1 saturated carbocycles. The normalized spacial score (nSPS) is 21.8. The van der Waals surface area contributed by atoms with E-state index >= 15 is 0 Å². The van der Waals surface area contributed by atoms with E-state index in [1.54, 1.807) is 6.07 Å². The molecule has 0 spiro atoms. The zero-order valence-corrected chi connectivity index (χ0v) is 13.3. The molecule has 1 fully saturated rings. The molecule has 0 aliphatic heterocycles. The predicted molar refractivity (Wildman–Crippen MR) is 87.0 cm³/mol. The number of nitrogens with two attached hydrogens (primary N) is 1. The number of nitro groups is 1. The van der Waals surface area contributed by atoms with E-state index in [9.17, 15) is 10.1 Å². The Kier molecular flexibility index (Phi) is 5.60. The minimum Gasteiger partial charge on any atom is -0.493 e. The van der Waals surface area contributed by atoms with E-state index in [1.807, 2.05) is 0 Å². The van der Waals surface area contributed by atoms with Gasteiger partial charge in [0, 0.05) is 18.7 Å². The minimum atomic E-state index is -0.481. The van der Waals surface area contributed by atoms with Crippen LogP contribution in [0.3, 0.4) is 0 Å². The van der Waals surface area contributed by atoms with E-state index in [4.69, 9.17) is 10.5 Å². The summed E-state index contributed by atoms with van der Waals surface area (Å²) in [5, 5.41) is 10.7. The summed E-state index contributed by atoms with van der Waals surface area (Å²) in [4.78, 5) is 12.5. The number of rotatable bonds is 6. The van der Waals surface area contributed by atoms with Crippen molar-refractivity contribution in [2.45, 2.75) is 25.7 Å². The summed E-state index contributed by atoms with van der Waals surface area (Å²) in [5.74, 6) is 1.97. The molecule has 0 radical (unpaired) electrons. The summed E-state index contributed by atoms with van der Waals surface area (Å²) in [5.41, 5.74) is 5.75. The van der Waals surface area contributed by atoms with Crippen LogP contribution in [0, 0.1) is 22.0 Å². The topological polar surface area (TPSA) is 81.6 Å². The Hall–Kier alpha value is -1.82. The molecule has 6 nitrogen and oxygen atoms in total. The average molecular weight is 307 g/mol. The van der Waals surface area contributed by atoms with Crippen molar-refractivity contribution in [1.82, 2.24) is 4.90 Å². The van der Waals surface area contributed by atoms with Gasteiger partial charge in [0.05, 0.1) is 11.5 Å². The second-order valence-corrected chi connectivity index (χ2v) is 6.44. The molecular formula is C16H25N3O3. The fourth-order valence-corrected chi connectivity index (χ4v) is 3.10. The Balaban J connectivity index is 1.79. The first-order valence-electron chi connectivity index (χ1n) is 7.77. The van der Waals surface area contributed by atoms with Crippen molar-refractivity contribution in [3.63, 3.8) is 0 Å². The largest absolute Gasteiger partial charge is 0.493 e. The molecule has 122 valence electrons. The van der Waals surface area contributed by atoms with Crippen molar-refractivity contribution in [2.24, 2.45) is 11.8 Å². The zero-order chi connectivity index (χ0) is 16.1. The van der Waals surface area contributed by atoms with Crippen molar-refractivity contribution in [2.75, 3.05) is 33.0 Å². The SMILES string of the molecule is CN(C)C[C@H]1CC[C@H](COc2ccc([N+](=O)[O-])c(N)c2)CC1. The molecule has 1 aromatic carbocycles. The molecule has 1 aromatic rings. The van der Waals surface area contributed by atoms with Crippen LogP contribution in [0.25, 0.3) is 0 Å². The van der Waals surface area contributed by atoms with Gasteiger partial charge >= 0.3 is 0 Å². The van der Waals surface area contributed by atoms with Crippen molar-refractivity contribution in [3.8, 4) is 5.75 Å². The van der Waals surface area contributed by atoms with Crippen LogP contribution in [-0.4, -0.2) is 37.1 Å². The number of nitrogen functional groups attached to an aromatic ring is 1. The highest BCUT2D eigenvalue weighted by atomic mass is 16.6. The standard InChI is InChI=1S/C16H25N3O3/c1-18(2)10-12-3-5-13(6-4-12)11-22-14-7-8-16(19(20)21)15(17)9-14/h7-9,12-13H,3-6,10-11,17H2,1-2H3/t12-,13-. The number of benzene rings is 1. The second kappa shape index (κ2) is 7.45. The molecule has 2 N–H and O–H groups in total. The second-order valence-electron chi connectivity index (χ2n) is 6.44. The lowest BCUT2D eigenvalue weighted by Crippen LogP contribution is -2.27. The number of nitro benzene ring substituents is 1. The highest BCUT2D eigenvalue weighted by Crippen LogP contribution is 2.31. The summed E-state index contributed by atoms with van der Waals surface area (Å²) >= 11 is 0. The van der Waals surface area contributed by atoms with E-state index in [2.05, 4.69) is 19.0 Å². The Morgan fingerprint density at radius 2 is 1.91 bits per heavy atom. The molecule has 1 aliphatic carbocycles. The Morgan fingerprint density at radius 1 is 1.27 bits per heavy atom. The molecule has 0 aromatic heterocycles. The van der Waals surface area contributed by atoms with Gasteiger partial charge in [0.1, 0.15) is 11.4 Å². The first-order valence-corrected chi connectivity index (χ1v) is 7.77. The van der Waals surface area contributed by atoms with Gasteiger partial charge in [0.2, 0.25) is 0 Å². The first kappa shape index (κ1) is 16.5. The van der Waals surface area contributed by atoms with Crippen molar-refractivity contribution in [3.05, 3.63) is 28.3 Å². The fourth-order valence-electron chi connectivity index (χ4n) is 3.10. The minimum absolute atomic E-state index is 0.0726. The molecule has 0 atom stereocenters. The highest BCUT2D eigenvalue weighted by Gasteiger charge is 2.22. The van der Waals surface area contributed by atoms with Gasteiger partial charge in [-0.25, -0.2) is 0 Å². The molecular weight excluding hydrogens is 282 g/mol. The van der Waals surface area contributed by atoms with Crippen molar-refractivity contribution < 1.29 is 9.66 Å². The highest BCUT2D eigenvalue weighted by molar-refractivity contribution is 5.60. The van der Waals surface area contributed by atoms with Gasteiger partial charge in [-0.05, 0) is 57.7 Å². The van der Waals surface area contributed by atoms with E-state index in [0.717, 1.165) is 12.5 Å². The summed E-state index contributed by atoms with van der Waals surface area (Å²) in [6.45, 7) is 1.82. The predicted octanol–water partition coefficient (Wildman–Crippen LogP) is 2.92. The number of ether oxygens (including phenoxy) is 1. The quantitative estimate of drug-likeness (QED) is 0.496. The van der Waals surface area contributed by atoms with Crippen LogP contribution < -0.4 is 10.5 Å². The molecule has 22 heavy (non-hydrogen) atoms. The van der Waals surface area contributed by atoms with Crippen LogP contribution in [0.1, 0.15) is 25.7 Å². The Bertz CT molecular complexity index is 511. The summed E-state index contributed by atoms with van der Waals surface area (Å²) < 4.78 is 5.76. The Morgan fingerprint density at radius 3 is 2.45 bits per heavy atom. The first-order chi connectivity index (χ1) is 10.5. The van der Waals surface area contributed by atoms with Crippen molar-refractivity contribution in [1.29, 1.82) is 0 Å². The van der Waals surface area contributed by atoms with Gasteiger partial charge < -0.3 is 15.4 Å². The van der Waals surface area contributed by atoms with Crippen LogP contribution >= 0.6 is 0 Å². The third kappa shape index (κ3) is 4.59. The van der Waals surface area contributed by atoms with Gasteiger partial charge in [-0.1, -0.05) is 0 Å². The fraction of sp³-hybridized carbons (Fsp3) is 0.625. The van der Waals surface area contributed by atoms with Gasteiger partial charge in [-0.15, -0.1) is 0 Å². The number of hydrogen-bond acceptors (Lipinski definition) is 5. The zero-order valence-electron chi connectivity index (χ0n) is 13.3. The van der Waals surface area contributed by atoms with Crippen LogP contribution in [0.2, 0.25) is 0 Å². The molecule has 0 heterocycles. The van der Waals surface area contributed by atoms with E-state index < -0.39 is 4.92 Å². The van der Waals surface area contributed by atoms with Crippen LogP contribution in [0.5, 0.6) is 5.75 Å². The van der Waals surface area contributed by atoms with Gasteiger partial charge in [-0.2, -0.15) is 0 Å². The van der Waals surface area contributed by atoms with Gasteiger partial charge in [-0.3, -0.25) is 10.1 Å². The molecule has 2 rings (SSSR count). The number of anilines is 1. The third-order valence-corrected chi connectivity index (χ3v) is 4.27. The summed E-state index contributed by atoms with van der Waals surface area (Å²) in [7, 11) is 4.24. The molecule has 0 amide bonds. The van der Waals surface area contributed by atoms with Crippen LogP contribution in [0.15, 0.2) is 18.2 Å². The van der Waals surface area contributed by atoms with E-state index in [1.165, 1.54) is 37.8 Å². The lowest BCUT2D eigenvalue weighted by molar-refractivity contribution is -0.383. The van der Waals surface area contributed by atoms with Crippen molar-refractivity contribution >= 4 is 11.4 Å². The van der Waals surface area contributed by atoms with E-state index in [0.29, 0.717) is 18.3 Å². The lowest BCUT2D eigenvalue weighted by Gasteiger charge is -2.30. The van der Waals surface area contributed by atoms with Gasteiger partial charge in [0.15, 0.2) is 0 Å². The molecule has 1 aliphatic rings. The monoisotopic (exact) mass is 307 g/mol. The lowest BCUT2D eigenvalue weighted by atomic mass is 9.82. The molecule has 0 saturated heterocycles. The van der Waals surface area contributed by atoms with Gasteiger partial charge in [0.25, 0.3) is 5.69 Å². The summed E-state index contributed by atoms with van der Waals surface area (Å²) in [6, 6.07) is 4.56. The summed E-state index contributed by atoms with van der Waals surface area (Å²) in [6.07, 6.45) is 4.85. The smallest absolute Gasteiger partial charge is 0.292 e. The average Bonchev–Trinajstić information content (AvgIpc) is 2.45. The Labute approximate surface area is 131 Å². The third-order valence-electron chi connectivity index (χ3n) is 4.27. The molecule has 0 bridgehead atoms. The van der Waals surface area contributed by atoms with Crippen LogP contribution in [-0.2, 0) is 0 Å².